The molecule has 0 heterocycles. The van der Waals surface area contributed by atoms with Crippen molar-refractivity contribution in [3.8, 4) is 0 Å². The number of aryl methyl sites for hydroxylation is 1. The summed E-state index contributed by atoms with van der Waals surface area (Å²) in [5.74, 6) is -0.456. The summed E-state index contributed by atoms with van der Waals surface area (Å²) in [7, 11) is 0. The second-order valence-corrected chi connectivity index (χ2v) is 3.08. The zero-order chi connectivity index (χ0) is 10.6. The van der Waals surface area contributed by atoms with E-state index in [1.807, 2.05) is 19.1 Å². The Bertz CT molecular complexity index is 327. The summed E-state index contributed by atoms with van der Waals surface area (Å²) in [6.07, 6.45) is -0.167. The Morgan fingerprint density at radius 2 is 1.93 bits per heavy atom. The van der Waals surface area contributed by atoms with Gasteiger partial charge in [0, 0.05) is 6.92 Å². The largest absolute Gasteiger partial charge is 0.450 e. The molecule has 3 heteroatoms. The highest BCUT2D eigenvalue weighted by atomic mass is 16.5. The summed E-state index contributed by atoms with van der Waals surface area (Å²) in [6, 6.07) is 7.29. The lowest BCUT2D eigenvalue weighted by Gasteiger charge is -2.10. The Labute approximate surface area is 82.7 Å². The predicted molar refractivity (Wildman–Crippen MR) is 51.8 cm³/mol. The van der Waals surface area contributed by atoms with Gasteiger partial charge < -0.3 is 4.74 Å². The molecule has 3 nitrogen and oxygen atoms in total. The average Bonchev–Trinajstić information content (AvgIpc) is 2.15. The number of carbonyl (C=O) groups is 2. The van der Waals surface area contributed by atoms with Crippen molar-refractivity contribution in [2.45, 2.75) is 20.0 Å². The summed E-state index contributed by atoms with van der Waals surface area (Å²) >= 11 is 0. The molecule has 0 spiro atoms. The molecule has 0 aliphatic carbocycles. The van der Waals surface area contributed by atoms with Crippen LogP contribution >= 0.6 is 0 Å². The Morgan fingerprint density at radius 3 is 2.36 bits per heavy atom. The van der Waals surface area contributed by atoms with Crippen molar-refractivity contribution in [2.24, 2.45) is 0 Å². The van der Waals surface area contributed by atoms with Crippen LogP contribution in [0.1, 0.15) is 24.2 Å². The molecular formula is C11H12O3. The Kier molecular flexibility index (Phi) is 3.40. The molecule has 1 aromatic rings. The summed E-state index contributed by atoms with van der Waals surface area (Å²) in [5, 5.41) is 0. The van der Waals surface area contributed by atoms with E-state index >= 15 is 0 Å². The lowest BCUT2D eigenvalue weighted by atomic mass is 10.1. The molecule has 1 atom stereocenters. The topological polar surface area (TPSA) is 43.4 Å². The van der Waals surface area contributed by atoms with E-state index in [-0.39, 0.29) is 0 Å². The van der Waals surface area contributed by atoms with E-state index < -0.39 is 12.1 Å². The highest BCUT2D eigenvalue weighted by molar-refractivity contribution is 5.71. The van der Waals surface area contributed by atoms with Crippen LogP contribution in [0.5, 0.6) is 0 Å². The van der Waals surface area contributed by atoms with Gasteiger partial charge in [-0.25, -0.2) is 0 Å². The van der Waals surface area contributed by atoms with E-state index in [0.29, 0.717) is 11.8 Å². The lowest BCUT2D eigenvalue weighted by molar-refractivity contribution is -0.149. The maximum Gasteiger partial charge on any atom is 0.303 e. The van der Waals surface area contributed by atoms with E-state index in [1.165, 1.54) is 6.92 Å². The Hall–Kier alpha value is -1.64. The minimum Gasteiger partial charge on any atom is -0.450 e. The summed E-state index contributed by atoms with van der Waals surface area (Å²) in [5.41, 5.74) is 1.79. The van der Waals surface area contributed by atoms with Crippen molar-refractivity contribution in [3.63, 3.8) is 0 Å². The van der Waals surface area contributed by atoms with Crippen molar-refractivity contribution < 1.29 is 14.3 Å². The molecule has 0 radical (unpaired) electrons. The maximum absolute atomic E-state index is 10.7. The number of rotatable bonds is 3. The molecule has 14 heavy (non-hydrogen) atoms. The van der Waals surface area contributed by atoms with Crippen LogP contribution in [-0.2, 0) is 14.3 Å². The van der Waals surface area contributed by atoms with Crippen LogP contribution in [0.25, 0.3) is 0 Å². The zero-order valence-electron chi connectivity index (χ0n) is 8.19. The predicted octanol–water partition coefficient (Wildman–Crippen LogP) is 1.80. The molecule has 0 aliphatic rings. The fourth-order valence-electron chi connectivity index (χ4n) is 1.11. The standard InChI is InChI=1S/C11H12O3/c1-8-3-5-10(6-4-8)11(7-12)14-9(2)13/h3-7,11H,1-2H3. The van der Waals surface area contributed by atoms with Gasteiger partial charge in [0.1, 0.15) is 0 Å². The Morgan fingerprint density at radius 1 is 1.36 bits per heavy atom. The molecule has 74 valence electrons. The van der Waals surface area contributed by atoms with Crippen molar-refractivity contribution in [2.75, 3.05) is 0 Å². The first kappa shape index (κ1) is 10.4. The van der Waals surface area contributed by atoms with E-state index in [1.54, 1.807) is 12.1 Å². The second kappa shape index (κ2) is 4.56. The van der Waals surface area contributed by atoms with E-state index in [9.17, 15) is 9.59 Å². The fraction of sp³-hybridized carbons (Fsp3) is 0.273. The molecule has 0 bridgehead atoms. The normalized spacial score (nSPS) is 11.9. The van der Waals surface area contributed by atoms with Gasteiger partial charge in [-0.3, -0.25) is 9.59 Å². The molecule has 0 saturated carbocycles. The monoisotopic (exact) mass is 192 g/mol. The van der Waals surface area contributed by atoms with Crippen LogP contribution in [0.4, 0.5) is 0 Å². The zero-order valence-corrected chi connectivity index (χ0v) is 8.19. The molecule has 0 aliphatic heterocycles. The third-order valence-corrected chi connectivity index (χ3v) is 1.82. The number of aldehydes is 1. The molecule has 0 aromatic heterocycles. The van der Waals surface area contributed by atoms with Gasteiger partial charge in [0.15, 0.2) is 12.4 Å². The van der Waals surface area contributed by atoms with Crippen molar-refractivity contribution in [3.05, 3.63) is 35.4 Å². The number of hydrogen-bond acceptors (Lipinski definition) is 3. The average molecular weight is 192 g/mol. The number of hydrogen-bond donors (Lipinski definition) is 0. The lowest BCUT2D eigenvalue weighted by Crippen LogP contribution is -2.09. The highest BCUT2D eigenvalue weighted by Gasteiger charge is 2.12. The molecular weight excluding hydrogens is 180 g/mol. The molecule has 1 aromatic carbocycles. The number of esters is 1. The molecule has 0 saturated heterocycles. The fourth-order valence-corrected chi connectivity index (χ4v) is 1.11. The molecule has 0 fully saturated rings. The number of benzene rings is 1. The summed E-state index contributed by atoms with van der Waals surface area (Å²) in [6.45, 7) is 3.23. The number of carbonyl (C=O) groups excluding carboxylic acids is 2. The smallest absolute Gasteiger partial charge is 0.303 e. The molecule has 0 N–H and O–H groups in total. The van der Waals surface area contributed by atoms with Gasteiger partial charge in [0.25, 0.3) is 0 Å². The number of ether oxygens (including phenoxy) is 1. The van der Waals surface area contributed by atoms with Gasteiger partial charge in [-0.15, -0.1) is 0 Å². The quantitative estimate of drug-likeness (QED) is 0.541. The van der Waals surface area contributed by atoms with Crippen molar-refractivity contribution in [1.29, 1.82) is 0 Å². The second-order valence-electron chi connectivity index (χ2n) is 3.08. The summed E-state index contributed by atoms with van der Waals surface area (Å²) < 4.78 is 4.82. The van der Waals surface area contributed by atoms with Crippen LogP contribution in [0.2, 0.25) is 0 Å². The van der Waals surface area contributed by atoms with Gasteiger partial charge in [-0.2, -0.15) is 0 Å². The van der Waals surface area contributed by atoms with Gasteiger partial charge in [-0.1, -0.05) is 29.8 Å². The molecule has 1 unspecified atom stereocenters. The van der Waals surface area contributed by atoms with Crippen LogP contribution in [0.15, 0.2) is 24.3 Å². The third-order valence-electron chi connectivity index (χ3n) is 1.82. The van der Waals surface area contributed by atoms with Crippen LogP contribution in [0.3, 0.4) is 0 Å². The first-order chi connectivity index (χ1) is 6.63. The van der Waals surface area contributed by atoms with E-state index in [4.69, 9.17) is 4.74 Å². The van der Waals surface area contributed by atoms with E-state index in [0.717, 1.165) is 5.56 Å². The third kappa shape index (κ3) is 2.69. The van der Waals surface area contributed by atoms with Crippen LogP contribution in [0, 0.1) is 6.92 Å². The van der Waals surface area contributed by atoms with Gasteiger partial charge in [0.2, 0.25) is 0 Å². The minimum absolute atomic E-state index is 0.456. The first-order valence-corrected chi connectivity index (χ1v) is 4.32. The maximum atomic E-state index is 10.7. The van der Waals surface area contributed by atoms with E-state index in [2.05, 4.69) is 0 Å². The first-order valence-electron chi connectivity index (χ1n) is 4.32. The van der Waals surface area contributed by atoms with Crippen molar-refractivity contribution >= 4 is 12.3 Å². The SMILES string of the molecule is CC(=O)OC(C=O)c1ccc(C)cc1. The van der Waals surface area contributed by atoms with Gasteiger partial charge >= 0.3 is 5.97 Å². The minimum atomic E-state index is -0.784. The Balaban J connectivity index is 2.84. The van der Waals surface area contributed by atoms with Gasteiger partial charge in [0.05, 0.1) is 0 Å². The highest BCUT2D eigenvalue weighted by Crippen LogP contribution is 2.15. The molecule has 0 amide bonds. The van der Waals surface area contributed by atoms with Crippen molar-refractivity contribution in [1.82, 2.24) is 0 Å². The molecule has 1 rings (SSSR count). The summed E-state index contributed by atoms with van der Waals surface area (Å²) in [4.78, 5) is 21.3. The van der Waals surface area contributed by atoms with Crippen LogP contribution in [-0.4, -0.2) is 12.3 Å². The van der Waals surface area contributed by atoms with Crippen LogP contribution < -0.4 is 0 Å². The van der Waals surface area contributed by atoms with Gasteiger partial charge in [-0.05, 0) is 12.5 Å².